The van der Waals surface area contributed by atoms with Crippen LogP contribution in [-0.2, 0) is 4.79 Å². The maximum absolute atomic E-state index is 11.0. The summed E-state index contributed by atoms with van der Waals surface area (Å²) in [6.45, 7) is 4.05. The van der Waals surface area contributed by atoms with E-state index >= 15 is 0 Å². The molecule has 0 spiro atoms. The molecule has 0 atom stereocenters. The number of carbonyl (C=O) groups excluding carboxylic acids is 1. The van der Waals surface area contributed by atoms with Gasteiger partial charge in [0, 0.05) is 0 Å². The maximum atomic E-state index is 11.0. The van der Waals surface area contributed by atoms with Crippen LogP contribution >= 0.6 is 0 Å². The molecule has 1 rings (SSSR count). The van der Waals surface area contributed by atoms with Crippen molar-refractivity contribution in [2.45, 2.75) is 22.3 Å². The number of hydrogen-bond donors (Lipinski definition) is 0. The number of nitrogens with zero attached hydrogens (tertiary/aromatic N) is 1. The molecule has 0 aromatic rings. The number of hydrogen-bond acceptors (Lipinski definition) is 1. The second kappa shape index (κ2) is 3.59. The Labute approximate surface area is 72.0 Å². The van der Waals surface area contributed by atoms with Gasteiger partial charge >= 0.3 is 71.9 Å². The second-order valence-corrected chi connectivity index (χ2v) is 5.76. The van der Waals surface area contributed by atoms with Gasteiger partial charge in [-0.3, -0.25) is 0 Å². The van der Waals surface area contributed by atoms with Crippen LogP contribution < -0.4 is 0 Å². The monoisotopic (exact) mass is 257 g/mol. The number of likely N-dealkylation sites (tertiary alicyclic amines) is 1. The zero-order valence-corrected chi connectivity index (χ0v) is 8.79. The Morgan fingerprint density at radius 1 is 1.70 bits per heavy atom. The van der Waals surface area contributed by atoms with Gasteiger partial charge in [0.1, 0.15) is 0 Å². The van der Waals surface area contributed by atoms with Crippen LogP contribution in [0.3, 0.4) is 0 Å². The first-order valence-electron chi connectivity index (χ1n) is 3.58. The summed E-state index contributed by atoms with van der Waals surface area (Å²) in [5, 5.41) is 0. The molecule has 0 N–H and O–H groups in total. The van der Waals surface area contributed by atoms with Crippen LogP contribution in [0.4, 0.5) is 0 Å². The number of carbonyl (C=O) groups is 1. The summed E-state index contributed by atoms with van der Waals surface area (Å²) >= 11 is 0.227. The predicted octanol–water partition coefficient (Wildman–Crippen LogP) is 0.779. The van der Waals surface area contributed by atoms with E-state index < -0.39 is 0 Å². The third-order valence-corrected chi connectivity index (χ3v) is 4.59. The molecule has 0 unspecified atom stereocenters. The third-order valence-electron chi connectivity index (χ3n) is 1.84. The molecule has 0 saturated carbocycles. The predicted molar refractivity (Wildman–Crippen MR) is 42.2 cm³/mol. The van der Waals surface area contributed by atoms with E-state index in [9.17, 15) is 4.79 Å². The summed E-state index contributed by atoms with van der Waals surface area (Å²) in [6, 6.07) is 0. The second-order valence-electron chi connectivity index (χ2n) is 2.51. The average Bonchev–Trinajstić information content (AvgIpc) is 1.85. The van der Waals surface area contributed by atoms with Crippen LogP contribution in [0.15, 0.2) is 0 Å². The van der Waals surface area contributed by atoms with E-state index in [0.29, 0.717) is 12.3 Å². The van der Waals surface area contributed by atoms with Gasteiger partial charge in [-0.2, -0.15) is 0 Å². The van der Waals surface area contributed by atoms with Gasteiger partial charge in [0.2, 0.25) is 0 Å². The standard InChI is InChI=1S/C7H13NOTe/c1-3-7(9)8-4-6(5-8)10-2/h6H,3-5H2,1-2H3. The molecule has 2 nitrogen and oxygen atoms in total. The van der Waals surface area contributed by atoms with E-state index in [2.05, 4.69) is 4.97 Å². The van der Waals surface area contributed by atoms with Crippen LogP contribution in [0.25, 0.3) is 0 Å². The molecule has 58 valence electrons. The summed E-state index contributed by atoms with van der Waals surface area (Å²) < 4.78 is 0.917. The topological polar surface area (TPSA) is 20.3 Å². The molecule has 1 aliphatic heterocycles. The van der Waals surface area contributed by atoms with Crippen LogP contribution in [0.5, 0.6) is 0 Å². The van der Waals surface area contributed by atoms with Crippen molar-refractivity contribution in [3.05, 3.63) is 0 Å². The summed E-state index contributed by atoms with van der Waals surface area (Å²) in [4.78, 5) is 15.3. The molecule has 0 aromatic heterocycles. The van der Waals surface area contributed by atoms with Gasteiger partial charge < -0.3 is 0 Å². The van der Waals surface area contributed by atoms with E-state index in [1.807, 2.05) is 11.8 Å². The van der Waals surface area contributed by atoms with Crippen molar-refractivity contribution in [3.8, 4) is 0 Å². The van der Waals surface area contributed by atoms with E-state index in [0.717, 1.165) is 17.1 Å². The van der Waals surface area contributed by atoms with Crippen molar-refractivity contribution in [2.24, 2.45) is 0 Å². The van der Waals surface area contributed by atoms with Gasteiger partial charge in [0.15, 0.2) is 0 Å². The van der Waals surface area contributed by atoms with E-state index in [-0.39, 0.29) is 20.9 Å². The number of rotatable bonds is 2. The van der Waals surface area contributed by atoms with Crippen LogP contribution in [0, 0.1) is 0 Å². The Morgan fingerprint density at radius 2 is 2.30 bits per heavy atom. The average molecular weight is 255 g/mol. The molecule has 0 aliphatic carbocycles. The van der Waals surface area contributed by atoms with E-state index in [4.69, 9.17) is 0 Å². The molecule has 0 radical (unpaired) electrons. The van der Waals surface area contributed by atoms with Crippen molar-refractivity contribution < 1.29 is 4.79 Å². The zero-order valence-electron chi connectivity index (χ0n) is 6.46. The molecule has 1 heterocycles. The summed E-state index contributed by atoms with van der Waals surface area (Å²) in [6.07, 6.45) is 0.678. The van der Waals surface area contributed by atoms with Crippen LogP contribution in [0.2, 0.25) is 8.94 Å². The molecule has 3 heteroatoms. The Bertz CT molecular complexity index is 132. The quantitative estimate of drug-likeness (QED) is 0.667. The van der Waals surface area contributed by atoms with Gasteiger partial charge in [-0.15, -0.1) is 0 Å². The fourth-order valence-corrected chi connectivity index (χ4v) is 2.89. The van der Waals surface area contributed by atoms with Crippen molar-refractivity contribution in [3.63, 3.8) is 0 Å². The number of amides is 1. The Kier molecular flexibility index (Phi) is 3.00. The molecule has 1 fully saturated rings. The molecular formula is C7H13NOTe. The van der Waals surface area contributed by atoms with Gasteiger partial charge in [-0.05, 0) is 0 Å². The minimum absolute atomic E-state index is 0.227. The minimum atomic E-state index is 0.227. The first kappa shape index (κ1) is 8.36. The molecule has 1 amide bonds. The van der Waals surface area contributed by atoms with Crippen molar-refractivity contribution in [2.75, 3.05) is 13.1 Å². The molecule has 1 saturated heterocycles. The van der Waals surface area contributed by atoms with Gasteiger partial charge in [0.05, 0.1) is 0 Å². The molecule has 0 aromatic carbocycles. The molecule has 1 aliphatic rings. The zero-order chi connectivity index (χ0) is 7.56. The first-order valence-corrected chi connectivity index (χ1v) is 7.26. The van der Waals surface area contributed by atoms with E-state index in [1.54, 1.807) is 0 Å². The van der Waals surface area contributed by atoms with Crippen LogP contribution in [0.1, 0.15) is 13.3 Å². The summed E-state index contributed by atoms with van der Waals surface area (Å²) in [7, 11) is 0. The fourth-order valence-electron chi connectivity index (χ4n) is 1.01. The van der Waals surface area contributed by atoms with Gasteiger partial charge in [-0.1, -0.05) is 0 Å². The Balaban J connectivity index is 2.19. The van der Waals surface area contributed by atoms with Gasteiger partial charge in [0.25, 0.3) is 0 Å². The van der Waals surface area contributed by atoms with Crippen molar-refractivity contribution in [1.82, 2.24) is 4.90 Å². The summed E-state index contributed by atoms with van der Waals surface area (Å²) in [5.74, 6) is 0.331. The normalized spacial score (nSPS) is 18.8. The SMILES string of the molecule is CCC(=O)N1CC([Te]C)C1. The first-order chi connectivity index (χ1) is 4.77. The molecule has 10 heavy (non-hydrogen) atoms. The van der Waals surface area contributed by atoms with E-state index in [1.165, 1.54) is 0 Å². The van der Waals surface area contributed by atoms with Crippen molar-refractivity contribution >= 4 is 26.8 Å². The van der Waals surface area contributed by atoms with Gasteiger partial charge in [-0.25, -0.2) is 0 Å². The van der Waals surface area contributed by atoms with Crippen molar-refractivity contribution in [1.29, 1.82) is 0 Å². The van der Waals surface area contributed by atoms with Crippen LogP contribution in [-0.4, -0.2) is 44.8 Å². The molecule has 0 bridgehead atoms. The Morgan fingerprint density at radius 3 is 2.70 bits per heavy atom. The summed E-state index contributed by atoms with van der Waals surface area (Å²) in [5.41, 5.74) is 0. The molecular weight excluding hydrogens is 242 g/mol. The Hall–Kier alpha value is 0.260. The third kappa shape index (κ3) is 1.65. The fraction of sp³-hybridized carbons (Fsp3) is 0.857.